The summed E-state index contributed by atoms with van der Waals surface area (Å²) in [5.74, 6) is -1.74. The molecule has 0 aliphatic rings. The van der Waals surface area contributed by atoms with E-state index in [4.69, 9.17) is 15.9 Å². The molecule has 18 heavy (non-hydrogen) atoms. The van der Waals surface area contributed by atoms with Gasteiger partial charge in [0.25, 0.3) is 0 Å². The van der Waals surface area contributed by atoms with Gasteiger partial charge in [-0.15, -0.1) is 0 Å². The number of benzene rings is 1. The van der Waals surface area contributed by atoms with Crippen molar-refractivity contribution in [2.75, 3.05) is 5.73 Å². The fourth-order valence-corrected chi connectivity index (χ4v) is 1.32. The number of aliphatic carboxylic acids is 1. The first-order valence-electron chi connectivity index (χ1n) is 4.70. The summed E-state index contributed by atoms with van der Waals surface area (Å²) in [6, 6.07) is 2.41. The number of carbonyl (C=O) groups is 1. The Hall–Kier alpha value is -1.80. The molecule has 0 amide bonds. The molecule has 5 N–H and O–H groups in total. The largest absolute Gasteiger partial charge is 0.479 e. The summed E-state index contributed by atoms with van der Waals surface area (Å²) in [6.45, 7) is 0. The van der Waals surface area contributed by atoms with E-state index < -0.39 is 35.6 Å². The number of carboxylic acids is 1. The van der Waals surface area contributed by atoms with Crippen molar-refractivity contribution in [2.45, 2.75) is 18.4 Å². The molecule has 1 rings (SSSR count). The van der Waals surface area contributed by atoms with Crippen LogP contribution in [-0.2, 0) is 11.0 Å². The van der Waals surface area contributed by atoms with Gasteiger partial charge in [0.2, 0.25) is 0 Å². The minimum absolute atomic E-state index is 0.383. The standard InChI is InChI=1S/C10H10F3NO4/c11-10(12,13)5-3-4(1-2-6(5)14)7(15)8(16)9(17)18/h1-3,7-8,15-16H,14H2,(H,17,18). The topological polar surface area (TPSA) is 104 Å². The van der Waals surface area contributed by atoms with Crippen molar-refractivity contribution < 1.29 is 33.3 Å². The molecule has 1 aromatic rings. The van der Waals surface area contributed by atoms with Crippen molar-refractivity contribution >= 4 is 11.7 Å². The van der Waals surface area contributed by atoms with Crippen LogP contribution in [0.5, 0.6) is 0 Å². The third-order valence-corrected chi connectivity index (χ3v) is 2.28. The first kappa shape index (κ1) is 14.3. The van der Waals surface area contributed by atoms with E-state index in [2.05, 4.69) is 0 Å². The number of aliphatic hydroxyl groups is 2. The van der Waals surface area contributed by atoms with Gasteiger partial charge in [0.15, 0.2) is 6.10 Å². The summed E-state index contributed by atoms with van der Waals surface area (Å²) in [5.41, 5.74) is 3.00. The molecule has 0 bridgehead atoms. The van der Waals surface area contributed by atoms with E-state index in [0.717, 1.165) is 12.1 Å². The number of rotatable bonds is 3. The van der Waals surface area contributed by atoms with Crippen LogP contribution >= 0.6 is 0 Å². The molecular formula is C10H10F3NO4. The number of nitrogens with two attached hydrogens (primary N) is 1. The lowest BCUT2D eigenvalue weighted by Gasteiger charge is -2.17. The Morgan fingerprint density at radius 1 is 1.28 bits per heavy atom. The highest BCUT2D eigenvalue weighted by atomic mass is 19.4. The number of aliphatic hydroxyl groups excluding tert-OH is 2. The second kappa shape index (κ2) is 4.83. The van der Waals surface area contributed by atoms with Crippen molar-refractivity contribution in [1.29, 1.82) is 0 Å². The number of carboxylic acid groups (broad SMARTS) is 1. The molecule has 1 aromatic carbocycles. The molecule has 5 nitrogen and oxygen atoms in total. The fraction of sp³-hybridized carbons (Fsp3) is 0.300. The average Bonchev–Trinajstić information content (AvgIpc) is 2.26. The predicted molar refractivity (Wildman–Crippen MR) is 54.5 cm³/mol. The Morgan fingerprint density at radius 3 is 2.28 bits per heavy atom. The molecule has 0 aliphatic carbocycles. The molecule has 0 aromatic heterocycles. The van der Waals surface area contributed by atoms with E-state index in [1.807, 2.05) is 0 Å². The monoisotopic (exact) mass is 265 g/mol. The second-order valence-electron chi connectivity index (χ2n) is 3.57. The number of nitrogen functional groups attached to an aromatic ring is 1. The van der Waals surface area contributed by atoms with Gasteiger partial charge in [-0.3, -0.25) is 0 Å². The summed E-state index contributed by atoms with van der Waals surface area (Å²) >= 11 is 0. The van der Waals surface area contributed by atoms with E-state index >= 15 is 0 Å². The van der Waals surface area contributed by atoms with Gasteiger partial charge < -0.3 is 21.1 Å². The zero-order chi connectivity index (χ0) is 14.1. The minimum Gasteiger partial charge on any atom is -0.479 e. The number of hydrogen-bond donors (Lipinski definition) is 4. The molecule has 0 radical (unpaired) electrons. The summed E-state index contributed by atoms with van der Waals surface area (Å²) in [7, 11) is 0. The van der Waals surface area contributed by atoms with Gasteiger partial charge in [0.1, 0.15) is 6.10 Å². The molecule has 8 heteroatoms. The van der Waals surface area contributed by atoms with Gasteiger partial charge in [0.05, 0.1) is 5.56 Å². The smallest absolute Gasteiger partial charge is 0.418 e. The minimum atomic E-state index is -4.73. The van der Waals surface area contributed by atoms with Gasteiger partial charge in [-0.25, -0.2) is 4.79 Å². The van der Waals surface area contributed by atoms with Crippen LogP contribution in [0, 0.1) is 0 Å². The van der Waals surface area contributed by atoms with Crippen molar-refractivity contribution in [3.63, 3.8) is 0 Å². The molecule has 0 saturated heterocycles. The second-order valence-corrected chi connectivity index (χ2v) is 3.57. The SMILES string of the molecule is Nc1ccc(C(O)C(O)C(=O)O)cc1C(F)(F)F. The Labute approximate surface area is 99.3 Å². The predicted octanol–water partition coefficient (Wildman–Crippen LogP) is 0.766. The fourth-order valence-electron chi connectivity index (χ4n) is 1.32. The molecule has 2 atom stereocenters. The van der Waals surface area contributed by atoms with E-state index in [1.54, 1.807) is 0 Å². The Kier molecular flexibility index (Phi) is 3.82. The van der Waals surface area contributed by atoms with E-state index in [1.165, 1.54) is 0 Å². The van der Waals surface area contributed by atoms with Gasteiger partial charge in [-0.05, 0) is 17.7 Å². The summed E-state index contributed by atoms with van der Waals surface area (Å²) < 4.78 is 37.5. The van der Waals surface area contributed by atoms with Crippen molar-refractivity contribution in [2.24, 2.45) is 0 Å². The third kappa shape index (κ3) is 2.90. The third-order valence-electron chi connectivity index (χ3n) is 2.28. The molecule has 0 saturated carbocycles. The summed E-state index contributed by atoms with van der Waals surface area (Å²) in [5, 5.41) is 26.9. The van der Waals surface area contributed by atoms with Gasteiger partial charge in [-0.2, -0.15) is 13.2 Å². The van der Waals surface area contributed by atoms with Crippen LogP contribution in [0.4, 0.5) is 18.9 Å². The lowest BCUT2D eigenvalue weighted by Crippen LogP contribution is -2.27. The maximum atomic E-state index is 12.5. The van der Waals surface area contributed by atoms with Crippen LogP contribution in [0.3, 0.4) is 0 Å². The molecule has 0 fully saturated rings. The first-order valence-corrected chi connectivity index (χ1v) is 4.70. The van der Waals surface area contributed by atoms with Crippen LogP contribution in [0.25, 0.3) is 0 Å². The van der Waals surface area contributed by atoms with Crippen LogP contribution < -0.4 is 5.73 Å². The highest BCUT2D eigenvalue weighted by Gasteiger charge is 2.34. The zero-order valence-corrected chi connectivity index (χ0v) is 8.85. The van der Waals surface area contributed by atoms with Crippen molar-refractivity contribution in [3.8, 4) is 0 Å². The van der Waals surface area contributed by atoms with Crippen molar-refractivity contribution in [3.05, 3.63) is 29.3 Å². The summed E-state index contributed by atoms with van der Waals surface area (Å²) in [4.78, 5) is 10.4. The molecule has 2 unspecified atom stereocenters. The van der Waals surface area contributed by atoms with Crippen molar-refractivity contribution in [1.82, 2.24) is 0 Å². The van der Waals surface area contributed by atoms with E-state index in [9.17, 15) is 23.1 Å². The average molecular weight is 265 g/mol. The Balaban J connectivity index is 3.17. The maximum absolute atomic E-state index is 12.5. The number of alkyl halides is 3. The number of anilines is 1. The summed E-state index contributed by atoms with van der Waals surface area (Å²) in [6.07, 6.45) is -8.91. The van der Waals surface area contributed by atoms with Crippen LogP contribution in [0.1, 0.15) is 17.2 Å². The Bertz CT molecular complexity index is 461. The molecule has 0 spiro atoms. The maximum Gasteiger partial charge on any atom is 0.418 e. The highest BCUT2D eigenvalue weighted by Crippen LogP contribution is 2.35. The molecule has 0 heterocycles. The highest BCUT2D eigenvalue weighted by molar-refractivity contribution is 5.73. The van der Waals surface area contributed by atoms with E-state index in [0.29, 0.717) is 6.07 Å². The van der Waals surface area contributed by atoms with Gasteiger partial charge >= 0.3 is 12.1 Å². The normalized spacial score (nSPS) is 15.2. The van der Waals surface area contributed by atoms with Gasteiger partial charge in [-0.1, -0.05) is 6.07 Å². The van der Waals surface area contributed by atoms with Gasteiger partial charge in [0, 0.05) is 5.69 Å². The lowest BCUT2D eigenvalue weighted by atomic mass is 10.0. The zero-order valence-electron chi connectivity index (χ0n) is 8.85. The molecule has 0 aliphatic heterocycles. The number of halogens is 3. The Morgan fingerprint density at radius 2 is 1.83 bits per heavy atom. The van der Waals surface area contributed by atoms with E-state index in [-0.39, 0.29) is 5.56 Å². The lowest BCUT2D eigenvalue weighted by molar-refractivity contribution is -0.153. The molecular weight excluding hydrogens is 255 g/mol. The van der Waals surface area contributed by atoms with Crippen LogP contribution in [-0.4, -0.2) is 27.4 Å². The molecule has 100 valence electrons. The first-order chi connectivity index (χ1) is 8.14. The van der Waals surface area contributed by atoms with Crippen LogP contribution in [0.2, 0.25) is 0 Å². The quantitative estimate of drug-likeness (QED) is 0.604. The number of hydrogen-bond acceptors (Lipinski definition) is 4. The van der Waals surface area contributed by atoms with Crippen LogP contribution in [0.15, 0.2) is 18.2 Å².